The third kappa shape index (κ3) is 7.03. The lowest BCUT2D eigenvalue weighted by Crippen LogP contribution is -2.68. The fourth-order valence-corrected chi connectivity index (χ4v) is 1.40. The van der Waals surface area contributed by atoms with E-state index >= 15 is 0 Å². The van der Waals surface area contributed by atoms with Crippen LogP contribution in [0, 0.1) is 10.2 Å². The molecule has 0 aliphatic heterocycles. The van der Waals surface area contributed by atoms with Gasteiger partial charge in [-0.2, -0.15) is 0 Å². The van der Waals surface area contributed by atoms with Gasteiger partial charge < -0.3 is 4.74 Å². The summed E-state index contributed by atoms with van der Waals surface area (Å²) in [5, 5.41) is 0. The monoisotopic (exact) mass is 300 g/mol. The lowest BCUT2D eigenvalue weighted by Gasteiger charge is -2.17. The molecule has 1 heterocycles. The number of rotatable bonds is 3. The lowest BCUT2D eigenvalue weighted by atomic mass is 10.1. The van der Waals surface area contributed by atoms with E-state index in [1.165, 1.54) is 0 Å². The minimum Gasteiger partial charge on any atom is -0.493 e. The Morgan fingerprint density at radius 2 is 1.65 bits per heavy atom. The van der Waals surface area contributed by atoms with Crippen LogP contribution in [0.3, 0.4) is 0 Å². The minimum absolute atomic E-state index is 0.665. The van der Waals surface area contributed by atoms with Gasteiger partial charge in [0, 0.05) is 0 Å². The van der Waals surface area contributed by atoms with Crippen molar-refractivity contribution in [3.8, 4) is 17.1 Å². The third-order valence-corrected chi connectivity index (χ3v) is 2.07. The summed E-state index contributed by atoms with van der Waals surface area (Å²) in [6, 6.07) is 13.7. The maximum absolute atomic E-state index is 8.49. The van der Waals surface area contributed by atoms with Crippen LogP contribution in [0.4, 0.5) is 0 Å². The highest BCUT2D eigenvalue weighted by molar-refractivity contribution is 5.58. The predicted octanol–water partition coefficient (Wildman–Crippen LogP) is -1.13. The molecule has 0 N–H and O–H groups in total. The Morgan fingerprint density at radius 1 is 1.05 bits per heavy atom. The Bertz CT molecular complexity index is 506. The van der Waals surface area contributed by atoms with Crippen LogP contribution >= 0.6 is 0 Å². The Morgan fingerprint density at radius 3 is 2.20 bits per heavy atom. The zero-order valence-electron chi connectivity index (χ0n) is 10.7. The molecule has 0 saturated heterocycles. The summed E-state index contributed by atoms with van der Waals surface area (Å²) in [7, 11) is -4.94. The van der Waals surface area contributed by atoms with Crippen LogP contribution in [0.15, 0.2) is 53.1 Å². The first-order valence-corrected chi connectivity index (χ1v) is 6.85. The van der Waals surface area contributed by atoms with Gasteiger partial charge in [-0.05, 0) is 19.1 Å². The average molecular weight is 301 g/mol. The van der Waals surface area contributed by atoms with Crippen LogP contribution in [0.2, 0.25) is 0 Å². The molecule has 0 radical (unpaired) electrons. The first kappa shape index (κ1) is 16.4. The molecular weight excluding hydrogens is 288 g/mol. The summed E-state index contributed by atoms with van der Waals surface area (Å²) in [6.07, 6.45) is 1.65. The van der Waals surface area contributed by atoms with Crippen molar-refractivity contribution in [2.24, 2.45) is 0 Å². The van der Waals surface area contributed by atoms with E-state index in [4.69, 9.17) is 27.8 Å². The zero-order chi connectivity index (χ0) is 15.0. The van der Waals surface area contributed by atoms with Crippen molar-refractivity contribution in [3.05, 3.63) is 48.7 Å². The van der Waals surface area contributed by atoms with E-state index in [0.29, 0.717) is 6.61 Å². The molecule has 0 spiro atoms. The summed E-state index contributed by atoms with van der Waals surface area (Å²) in [5.74, 6) is 1.66. The second-order valence-electron chi connectivity index (χ2n) is 3.51. The van der Waals surface area contributed by atoms with Gasteiger partial charge in [0.05, 0.1) is 24.3 Å². The van der Waals surface area contributed by atoms with Crippen molar-refractivity contribution in [2.45, 2.75) is 6.92 Å². The van der Waals surface area contributed by atoms with Gasteiger partial charge >= 0.3 is 12.0 Å². The number of benzene rings is 1. The predicted molar refractivity (Wildman–Crippen MR) is 59.7 cm³/mol. The SMILES string of the molecule is CCOc1cc[o+]c(-c2ccccc2)c1.[O-][Cl+3]([O-])([O-])[O-]. The highest BCUT2D eigenvalue weighted by Gasteiger charge is 2.11. The maximum atomic E-state index is 8.49. The third-order valence-electron chi connectivity index (χ3n) is 2.07. The van der Waals surface area contributed by atoms with Crippen molar-refractivity contribution in [1.82, 2.24) is 0 Å². The smallest absolute Gasteiger partial charge is 0.363 e. The number of ether oxygens (including phenoxy) is 1. The number of hydrogen-bond acceptors (Lipinski definition) is 5. The summed E-state index contributed by atoms with van der Waals surface area (Å²) in [4.78, 5) is 0. The standard InChI is InChI=1S/C13H13O2.ClHO4/c1-2-14-12-8-9-15-13(10-12)11-6-4-3-5-7-11;2-1(3,4)5/h3-10H,2H2,1H3;(H,2,3,4,5)/q+1;/p-1. The molecule has 0 fully saturated rings. The van der Waals surface area contributed by atoms with E-state index in [-0.39, 0.29) is 0 Å². The first-order valence-electron chi connectivity index (χ1n) is 5.62. The quantitative estimate of drug-likeness (QED) is 0.663. The summed E-state index contributed by atoms with van der Waals surface area (Å²) in [6.45, 7) is 2.63. The molecule has 6 nitrogen and oxygen atoms in total. The molecule has 0 atom stereocenters. The second kappa shape index (κ2) is 7.78. The second-order valence-corrected chi connectivity index (χ2v) is 4.26. The molecule has 0 amide bonds. The van der Waals surface area contributed by atoms with Crippen LogP contribution < -0.4 is 23.4 Å². The molecule has 2 aromatic rings. The first-order chi connectivity index (χ1) is 9.40. The van der Waals surface area contributed by atoms with Gasteiger partial charge in [-0.25, -0.2) is 23.1 Å². The van der Waals surface area contributed by atoms with Gasteiger partial charge in [-0.3, -0.25) is 0 Å². The molecule has 108 valence electrons. The summed E-state index contributed by atoms with van der Waals surface area (Å²) >= 11 is 0. The van der Waals surface area contributed by atoms with Crippen LogP contribution in [0.5, 0.6) is 5.75 Å². The molecule has 20 heavy (non-hydrogen) atoms. The van der Waals surface area contributed by atoms with Crippen molar-refractivity contribution < 1.29 is 38.0 Å². The van der Waals surface area contributed by atoms with Crippen LogP contribution in [-0.2, 0) is 0 Å². The Hall–Kier alpha value is -1.70. The van der Waals surface area contributed by atoms with Crippen LogP contribution in [-0.4, -0.2) is 6.61 Å². The Balaban J connectivity index is 0.000000347. The van der Waals surface area contributed by atoms with Crippen LogP contribution in [0.1, 0.15) is 6.92 Å². The van der Waals surface area contributed by atoms with Gasteiger partial charge in [0.25, 0.3) is 0 Å². The highest BCUT2D eigenvalue weighted by atomic mass is 35.7. The molecule has 0 aliphatic carbocycles. The topological polar surface area (TPSA) is 113 Å². The molecular formula is C13H13ClO6. The summed E-state index contributed by atoms with van der Waals surface area (Å²) in [5.41, 5.74) is 1.05. The molecule has 0 aliphatic rings. The number of halogens is 1. The molecule has 7 heteroatoms. The van der Waals surface area contributed by atoms with Crippen molar-refractivity contribution in [1.29, 1.82) is 0 Å². The van der Waals surface area contributed by atoms with E-state index in [1.807, 2.05) is 49.4 Å². The van der Waals surface area contributed by atoms with E-state index in [1.54, 1.807) is 6.26 Å². The van der Waals surface area contributed by atoms with Gasteiger partial charge in [0.2, 0.25) is 0 Å². The molecule has 1 aromatic heterocycles. The van der Waals surface area contributed by atoms with E-state index < -0.39 is 10.2 Å². The van der Waals surface area contributed by atoms with Gasteiger partial charge in [-0.1, -0.05) is 18.2 Å². The van der Waals surface area contributed by atoms with E-state index in [2.05, 4.69) is 0 Å². The maximum Gasteiger partial charge on any atom is 0.363 e. The molecule has 0 bridgehead atoms. The van der Waals surface area contributed by atoms with Crippen molar-refractivity contribution >= 4 is 0 Å². The van der Waals surface area contributed by atoms with E-state index in [9.17, 15) is 0 Å². The summed E-state index contributed by atoms with van der Waals surface area (Å²) < 4.78 is 44.8. The zero-order valence-corrected chi connectivity index (χ0v) is 11.4. The largest absolute Gasteiger partial charge is 0.493 e. The van der Waals surface area contributed by atoms with Gasteiger partial charge in [-0.15, -0.1) is 10.2 Å². The Kier molecular flexibility index (Phi) is 6.37. The van der Waals surface area contributed by atoms with Gasteiger partial charge in [0.15, 0.2) is 0 Å². The van der Waals surface area contributed by atoms with Gasteiger partial charge in [0.1, 0.15) is 5.75 Å². The Labute approximate surface area is 118 Å². The average Bonchev–Trinajstić information content (AvgIpc) is 2.39. The number of hydrogen-bond donors (Lipinski definition) is 0. The molecule has 0 unspecified atom stereocenters. The fraction of sp³-hybridized carbons (Fsp3) is 0.154. The minimum atomic E-state index is -4.94. The molecule has 0 saturated carbocycles. The molecule has 1 aromatic carbocycles. The van der Waals surface area contributed by atoms with Crippen LogP contribution in [0.25, 0.3) is 11.3 Å². The van der Waals surface area contributed by atoms with Crippen molar-refractivity contribution in [3.63, 3.8) is 0 Å². The van der Waals surface area contributed by atoms with Crippen molar-refractivity contribution in [2.75, 3.05) is 6.61 Å². The van der Waals surface area contributed by atoms with E-state index in [0.717, 1.165) is 17.1 Å². The fourth-order valence-electron chi connectivity index (χ4n) is 1.40. The molecule has 2 rings (SSSR count). The lowest BCUT2D eigenvalue weighted by molar-refractivity contribution is -2.00. The highest BCUT2D eigenvalue weighted by Crippen LogP contribution is 2.23. The normalized spacial score (nSPS) is 10.4.